The normalized spacial score (nSPS) is 10.1. The zero-order valence-electron chi connectivity index (χ0n) is 10.7. The molecular weight excluding hydrogens is 340 g/mol. The molecule has 0 amide bonds. The van der Waals surface area contributed by atoms with Gasteiger partial charge in [0, 0.05) is 28.3 Å². The highest BCUT2D eigenvalue weighted by Crippen LogP contribution is 2.24. The number of carboxylic acid groups (broad SMARTS) is 1. The van der Waals surface area contributed by atoms with Gasteiger partial charge in [-0.25, -0.2) is 4.79 Å². The van der Waals surface area contributed by atoms with E-state index in [9.17, 15) is 14.9 Å². The highest BCUT2D eigenvalue weighted by Gasteiger charge is 2.13. The minimum Gasteiger partial charge on any atom is -0.478 e. The quantitative estimate of drug-likeness (QED) is 0.633. The lowest BCUT2D eigenvalue weighted by Crippen LogP contribution is -2.04. The molecule has 0 heterocycles. The summed E-state index contributed by atoms with van der Waals surface area (Å²) in [5.74, 6) is -1.02. The van der Waals surface area contributed by atoms with Crippen LogP contribution in [-0.2, 0) is 6.54 Å². The molecule has 2 aromatic carbocycles. The third-order valence-corrected chi connectivity index (χ3v) is 3.32. The van der Waals surface area contributed by atoms with Gasteiger partial charge in [0.05, 0.1) is 10.5 Å². The molecular formula is C14H11BrN2O4. The van der Waals surface area contributed by atoms with Gasteiger partial charge in [-0.1, -0.05) is 22.0 Å². The molecule has 0 atom stereocenters. The van der Waals surface area contributed by atoms with E-state index < -0.39 is 10.9 Å². The third-order valence-electron chi connectivity index (χ3n) is 2.83. The van der Waals surface area contributed by atoms with Crippen molar-refractivity contribution in [1.29, 1.82) is 0 Å². The number of nitrogens with one attached hydrogen (secondary N) is 1. The van der Waals surface area contributed by atoms with Crippen LogP contribution in [0.25, 0.3) is 0 Å². The predicted molar refractivity (Wildman–Crippen MR) is 81.5 cm³/mol. The first-order valence-corrected chi connectivity index (χ1v) is 6.76. The number of carbonyl (C=O) groups is 1. The molecule has 0 saturated heterocycles. The average Bonchev–Trinajstić information content (AvgIpc) is 2.45. The van der Waals surface area contributed by atoms with Crippen molar-refractivity contribution in [3.8, 4) is 0 Å². The average molecular weight is 351 g/mol. The predicted octanol–water partition coefficient (Wildman–Crippen LogP) is 3.67. The molecule has 0 radical (unpaired) electrons. The summed E-state index contributed by atoms with van der Waals surface area (Å²) in [6, 6.07) is 11.0. The highest BCUT2D eigenvalue weighted by atomic mass is 79.9. The fourth-order valence-electron chi connectivity index (χ4n) is 1.83. The van der Waals surface area contributed by atoms with Crippen molar-refractivity contribution >= 4 is 33.3 Å². The van der Waals surface area contributed by atoms with Gasteiger partial charge in [-0.3, -0.25) is 10.1 Å². The third kappa shape index (κ3) is 3.79. The molecule has 2 rings (SSSR count). The van der Waals surface area contributed by atoms with Gasteiger partial charge < -0.3 is 10.4 Å². The van der Waals surface area contributed by atoms with Crippen molar-refractivity contribution in [3.05, 3.63) is 68.2 Å². The van der Waals surface area contributed by atoms with E-state index in [0.29, 0.717) is 11.3 Å². The Kier molecular flexibility index (Phi) is 4.54. The molecule has 6 nitrogen and oxygen atoms in total. The molecule has 0 bridgehead atoms. The standard InChI is InChI=1S/C14H11BrN2O4/c15-11-4-5-13(17(20)21)10(6-11)8-16-12-3-1-2-9(7-12)14(18)19/h1-7,16H,8H2,(H,18,19). The van der Waals surface area contributed by atoms with Gasteiger partial charge in [0.2, 0.25) is 0 Å². The molecule has 0 fully saturated rings. The number of nitro benzene ring substituents is 1. The lowest BCUT2D eigenvalue weighted by atomic mass is 10.1. The summed E-state index contributed by atoms with van der Waals surface area (Å²) in [4.78, 5) is 21.4. The van der Waals surface area contributed by atoms with Gasteiger partial charge in [-0.05, 0) is 30.3 Å². The topological polar surface area (TPSA) is 92.5 Å². The maximum atomic E-state index is 11.0. The van der Waals surface area contributed by atoms with Gasteiger partial charge in [-0.15, -0.1) is 0 Å². The van der Waals surface area contributed by atoms with Crippen LogP contribution in [0.3, 0.4) is 0 Å². The molecule has 2 aromatic rings. The summed E-state index contributed by atoms with van der Waals surface area (Å²) >= 11 is 3.27. The van der Waals surface area contributed by atoms with Crippen molar-refractivity contribution in [2.45, 2.75) is 6.54 Å². The molecule has 7 heteroatoms. The first kappa shape index (κ1) is 15.0. The first-order chi connectivity index (χ1) is 9.97. The van der Waals surface area contributed by atoms with E-state index in [1.165, 1.54) is 18.2 Å². The van der Waals surface area contributed by atoms with Crippen LogP contribution < -0.4 is 5.32 Å². The minimum absolute atomic E-state index is 0.0140. The van der Waals surface area contributed by atoms with Crippen LogP contribution in [0.4, 0.5) is 11.4 Å². The molecule has 0 aliphatic rings. The monoisotopic (exact) mass is 350 g/mol. The van der Waals surface area contributed by atoms with Crippen LogP contribution in [0.2, 0.25) is 0 Å². The molecule has 108 valence electrons. The Hall–Kier alpha value is -2.41. The summed E-state index contributed by atoms with van der Waals surface area (Å²) in [6.07, 6.45) is 0. The van der Waals surface area contributed by atoms with Crippen molar-refractivity contribution in [3.63, 3.8) is 0 Å². The zero-order chi connectivity index (χ0) is 15.4. The van der Waals surface area contributed by atoms with Gasteiger partial charge in [0.1, 0.15) is 0 Å². The van der Waals surface area contributed by atoms with Crippen molar-refractivity contribution in [1.82, 2.24) is 0 Å². The van der Waals surface area contributed by atoms with E-state index in [1.54, 1.807) is 24.3 Å². The van der Waals surface area contributed by atoms with E-state index in [4.69, 9.17) is 5.11 Å². The Balaban J connectivity index is 2.20. The van der Waals surface area contributed by atoms with Crippen LogP contribution >= 0.6 is 15.9 Å². The Morgan fingerprint density at radius 1 is 1.29 bits per heavy atom. The zero-order valence-corrected chi connectivity index (χ0v) is 12.3. The Morgan fingerprint density at radius 2 is 2.05 bits per heavy atom. The summed E-state index contributed by atoms with van der Waals surface area (Å²) in [5, 5.41) is 22.9. The van der Waals surface area contributed by atoms with E-state index >= 15 is 0 Å². The number of nitrogens with zero attached hydrogens (tertiary/aromatic N) is 1. The van der Waals surface area contributed by atoms with E-state index in [-0.39, 0.29) is 17.8 Å². The molecule has 0 aliphatic heterocycles. The van der Waals surface area contributed by atoms with Crippen LogP contribution in [0.1, 0.15) is 15.9 Å². The first-order valence-electron chi connectivity index (χ1n) is 5.97. The summed E-state index contributed by atoms with van der Waals surface area (Å²) < 4.78 is 0.740. The number of hydrogen-bond donors (Lipinski definition) is 2. The van der Waals surface area contributed by atoms with E-state index in [0.717, 1.165) is 4.47 Å². The van der Waals surface area contributed by atoms with Crippen molar-refractivity contribution in [2.24, 2.45) is 0 Å². The molecule has 0 spiro atoms. The Morgan fingerprint density at radius 3 is 2.71 bits per heavy atom. The number of hydrogen-bond acceptors (Lipinski definition) is 4. The molecule has 0 unspecified atom stereocenters. The number of carboxylic acids is 1. The highest BCUT2D eigenvalue weighted by molar-refractivity contribution is 9.10. The molecule has 0 saturated carbocycles. The number of anilines is 1. The largest absolute Gasteiger partial charge is 0.478 e. The fraction of sp³-hybridized carbons (Fsp3) is 0.0714. The Bertz CT molecular complexity index is 703. The summed E-state index contributed by atoms with van der Waals surface area (Å²) in [6.45, 7) is 0.221. The van der Waals surface area contributed by atoms with Crippen LogP contribution in [0.15, 0.2) is 46.9 Å². The van der Waals surface area contributed by atoms with Gasteiger partial charge in [0.25, 0.3) is 5.69 Å². The second-order valence-corrected chi connectivity index (χ2v) is 5.19. The van der Waals surface area contributed by atoms with E-state index in [2.05, 4.69) is 21.2 Å². The van der Waals surface area contributed by atoms with Gasteiger partial charge >= 0.3 is 5.97 Å². The second-order valence-electron chi connectivity index (χ2n) is 4.27. The number of aromatic carboxylic acids is 1. The number of halogens is 1. The summed E-state index contributed by atoms with van der Waals surface area (Å²) in [7, 11) is 0. The maximum absolute atomic E-state index is 11.0. The molecule has 21 heavy (non-hydrogen) atoms. The van der Waals surface area contributed by atoms with Crippen LogP contribution in [-0.4, -0.2) is 16.0 Å². The molecule has 0 aliphatic carbocycles. The fourth-order valence-corrected chi connectivity index (χ4v) is 2.24. The van der Waals surface area contributed by atoms with Crippen LogP contribution in [0, 0.1) is 10.1 Å². The van der Waals surface area contributed by atoms with E-state index in [1.807, 2.05) is 0 Å². The van der Waals surface area contributed by atoms with Crippen molar-refractivity contribution < 1.29 is 14.8 Å². The van der Waals surface area contributed by atoms with Crippen molar-refractivity contribution in [2.75, 3.05) is 5.32 Å². The minimum atomic E-state index is -1.02. The summed E-state index contributed by atoms with van der Waals surface area (Å²) in [5.41, 5.74) is 1.27. The lowest BCUT2D eigenvalue weighted by molar-refractivity contribution is -0.385. The molecule has 0 aromatic heterocycles. The van der Waals surface area contributed by atoms with Gasteiger partial charge in [-0.2, -0.15) is 0 Å². The second kappa shape index (κ2) is 6.36. The molecule has 2 N–H and O–H groups in total. The smallest absolute Gasteiger partial charge is 0.335 e. The number of nitro groups is 1. The van der Waals surface area contributed by atoms with Crippen LogP contribution in [0.5, 0.6) is 0 Å². The van der Waals surface area contributed by atoms with Gasteiger partial charge in [0.15, 0.2) is 0 Å². The Labute approximate surface area is 128 Å². The SMILES string of the molecule is O=C(O)c1cccc(NCc2cc(Br)ccc2[N+](=O)[O-])c1. The number of rotatable bonds is 5. The lowest BCUT2D eigenvalue weighted by Gasteiger charge is -2.08. The number of benzene rings is 2. The maximum Gasteiger partial charge on any atom is 0.335 e.